The number of nitrogens with two attached hydrogens (primary N) is 1. The Kier molecular flexibility index (Phi) is 5.20. The van der Waals surface area contributed by atoms with Crippen molar-refractivity contribution in [1.29, 1.82) is 0 Å². The van der Waals surface area contributed by atoms with Gasteiger partial charge in [0.05, 0.1) is 4.92 Å². The van der Waals surface area contributed by atoms with E-state index in [1.165, 1.54) is 12.1 Å². The SMILES string of the molecule is Nc1cccc(OCCNc2ccc([N+](=O)[O-])cc2I)c1. The number of hydrogen-bond acceptors (Lipinski definition) is 5. The van der Waals surface area contributed by atoms with Crippen molar-refractivity contribution in [2.24, 2.45) is 0 Å². The molecule has 21 heavy (non-hydrogen) atoms. The van der Waals surface area contributed by atoms with E-state index in [2.05, 4.69) is 27.9 Å². The highest BCUT2D eigenvalue weighted by Gasteiger charge is 2.08. The van der Waals surface area contributed by atoms with Gasteiger partial charge in [0.1, 0.15) is 12.4 Å². The quantitative estimate of drug-likeness (QED) is 0.256. The number of benzene rings is 2. The second kappa shape index (κ2) is 7.11. The fourth-order valence-corrected chi connectivity index (χ4v) is 2.41. The monoisotopic (exact) mass is 399 g/mol. The Morgan fingerprint density at radius 2 is 2.10 bits per heavy atom. The highest BCUT2D eigenvalue weighted by atomic mass is 127. The summed E-state index contributed by atoms with van der Waals surface area (Å²) in [6.07, 6.45) is 0. The van der Waals surface area contributed by atoms with Gasteiger partial charge in [0, 0.05) is 39.7 Å². The van der Waals surface area contributed by atoms with Gasteiger partial charge in [0.15, 0.2) is 0 Å². The number of nitro groups is 1. The second-order valence-corrected chi connectivity index (χ2v) is 5.43. The van der Waals surface area contributed by atoms with E-state index in [0.717, 1.165) is 15.0 Å². The summed E-state index contributed by atoms with van der Waals surface area (Å²) in [5.74, 6) is 0.718. The van der Waals surface area contributed by atoms with Crippen molar-refractivity contribution in [3.05, 3.63) is 56.1 Å². The Labute approximate surface area is 135 Å². The standard InChI is InChI=1S/C14H14IN3O3/c15-13-9-11(18(19)20)4-5-14(13)17-6-7-21-12-3-1-2-10(16)8-12/h1-5,8-9,17H,6-7,16H2. The van der Waals surface area contributed by atoms with Crippen molar-refractivity contribution in [2.75, 3.05) is 24.2 Å². The topological polar surface area (TPSA) is 90.4 Å². The van der Waals surface area contributed by atoms with Gasteiger partial charge in [0.25, 0.3) is 5.69 Å². The van der Waals surface area contributed by atoms with Crippen LogP contribution in [0.2, 0.25) is 0 Å². The Hall–Kier alpha value is -2.03. The number of halogens is 1. The third-order valence-electron chi connectivity index (χ3n) is 2.71. The predicted molar refractivity (Wildman–Crippen MR) is 90.7 cm³/mol. The van der Waals surface area contributed by atoms with Crippen molar-refractivity contribution in [2.45, 2.75) is 0 Å². The van der Waals surface area contributed by atoms with Crippen LogP contribution in [0, 0.1) is 13.7 Å². The van der Waals surface area contributed by atoms with Crippen LogP contribution in [0.5, 0.6) is 5.75 Å². The van der Waals surface area contributed by atoms with Gasteiger partial charge in [-0.2, -0.15) is 0 Å². The zero-order valence-corrected chi connectivity index (χ0v) is 13.2. The number of non-ortho nitro benzene ring substituents is 1. The molecule has 0 aliphatic heterocycles. The molecule has 0 saturated heterocycles. The minimum absolute atomic E-state index is 0.0842. The van der Waals surface area contributed by atoms with Gasteiger partial charge >= 0.3 is 0 Å². The van der Waals surface area contributed by atoms with Crippen LogP contribution in [0.3, 0.4) is 0 Å². The van der Waals surface area contributed by atoms with E-state index in [0.29, 0.717) is 18.8 Å². The number of nitrogens with zero attached hydrogens (tertiary/aromatic N) is 1. The molecule has 0 heterocycles. The molecule has 2 aromatic rings. The number of nitro benzene ring substituents is 1. The maximum absolute atomic E-state index is 10.7. The molecular weight excluding hydrogens is 385 g/mol. The minimum Gasteiger partial charge on any atom is -0.492 e. The van der Waals surface area contributed by atoms with Crippen molar-refractivity contribution in [3.63, 3.8) is 0 Å². The van der Waals surface area contributed by atoms with Gasteiger partial charge in [-0.05, 0) is 40.8 Å². The first-order valence-corrected chi connectivity index (χ1v) is 7.30. The molecule has 0 bridgehead atoms. The maximum Gasteiger partial charge on any atom is 0.270 e. The number of nitrogens with one attached hydrogen (secondary N) is 1. The molecule has 3 N–H and O–H groups in total. The van der Waals surface area contributed by atoms with Gasteiger partial charge in [-0.1, -0.05) is 6.07 Å². The lowest BCUT2D eigenvalue weighted by Gasteiger charge is -2.10. The van der Waals surface area contributed by atoms with Gasteiger partial charge < -0.3 is 15.8 Å². The van der Waals surface area contributed by atoms with E-state index in [1.54, 1.807) is 18.2 Å². The van der Waals surface area contributed by atoms with Crippen LogP contribution in [-0.2, 0) is 0 Å². The lowest BCUT2D eigenvalue weighted by atomic mass is 10.3. The summed E-state index contributed by atoms with van der Waals surface area (Å²) in [7, 11) is 0. The third kappa shape index (κ3) is 4.48. The van der Waals surface area contributed by atoms with Crippen LogP contribution in [0.15, 0.2) is 42.5 Å². The molecule has 0 unspecified atom stereocenters. The van der Waals surface area contributed by atoms with E-state index < -0.39 is 4.92 Å². The van der Waals surface area contributed by atoms with Gasteiger partial charge in [0.2, 0.25) is 0 Å². The highest BCUT2D eigenvalue weighted by Crippen LogP contribution is 2.23. The first-order chi connectivity index (χ1) is 10.1. The van der Waals surface area contributed by atoms with Gasteiger partial charge in [-0.3, -0.25) is 10.1 Å². The smallest absolute Gasteiger partial charge is 0.270 e. The van der Waals surface area contributed by atoms with Crippen molar-refractivity contribution in [3.8, 4) is 5.75 Å². The highest BCUT2D eigenvalue weighted by molar-refractivity contribution is 14.1. The van der Waals surface area contributed by atoms with Crippen LogP contribution < -0.4 is 15.8 Å². The molecular formula is C14H14IN3O3. The normalized spacial score (nSPS) is 10.1. The van der Waals surface area contributed by atoms with Gasteiger partial charge in [-0.15, -0.1) is 0 Å². The molecule has 2 rings (SSSR count). The van der Waals surface area contributed by atoms with E-state index in [-0.39, 0.29) is 5.69 Å². The Morgan fingerprint density at radius 3 is 2.76 bits per heavy atom. The van der Waals surface area contributed by atoms with E-state index >= 15 is 0 Å². The fraction of sp³-hybridized carbons (Fsp3) is 0.143. The molecule has 0 aliphatic rings. The zero-order valence-electron chi connectivity index (χ0n) is 11.1. The summed E-state index contributed by atoms with van der Waals surface area (Å²) in [6, 6.07) is 11.9. The van der Waals surface area contributed by atoms with Crippen molar-refractivity contribution >= 4 is 39.7 Å². The van der Waals surface area contributed by atoms with Crippen molar-refractivity contribution < 1.29 is 9.66 Å². The molecule has 0 amide bonds. The number of anilines is 2. The predicted octanol–water partition coefficient (Wildman–Crippen LogP) is 3.27. The summed E-state index contributed by atoms with van der Waals surface area (Å²) >= 11 is 2.06. The second-order valence-electron chi connectivity index (χ2n) is 4.27. The molecule has 2 aromatic carbocycles. The molecule has 0 spiro atoms. The van der Waals surface area contributed by atoms with Crippen LogP contribution in [0.4, 0.5) is 17.1 Å². The maximum atomic E-state index is 10.7. The first-order valence-electron chi connectivity index (χ1n) is 6.22. The molecule has 0 atom stereocenters. The molecule has 0 fully saturated rings. The molecule has 0 aliphatic carbocycles. The molecule has 0 saturated carbocycles. The fourth-order valence-electron chi connectivity index (χ4n) is 1.72. The minimum atomic E-state index is -0.408. The van der Waals surface area contributed by atoms with E-state index in [9.17, 15) is 10.1 Å². The Morgan fingerprint density at radius 1 is 1.29 bits per heavy atom. The molecule has 110 valence electrons. The van der Waals surface area contributed by atoms with E-state index in [4.69, 9.17) is 10.5 Å². The third-order valence-corrected chi connectivity index (χ3v) is 3.60. The Balaban J connectivity index is 1.85. The van der Waals surface area contributed by atoms with E-state index in [1.807, 2.05) is 12.1 Å². The van der Waals surface area contributed by atoms with Crippen LogP contribution in [0.1, 0.15) is 0 Å². The number of rotatable bonds is 6. The molecule has 0 radical (unpaired) electrons. The Bertz CT molecular complexity index is 649. The summed E-state index contributed by atoms with van der Waals surface area (Å²) in [5.41, 5.74) is 7.25. The summed E-state index contributed by atoms with van der Waals surface area (Å²) in [5, 5.41) is 13.8. The lowest BCUT2D eigenvalue weighted by molar-refractivity contribution is -0.384. The average molecular weight is 399 g/mol. The number of ether oxygens (including phenoxy) is 1. The van der Waals surface area contributed by atoms with Crippen LogP contribution >= 0.6 is 22.6 Å². The number of hydrogen-bond donors (Lipinski definition) is 2. The van der Waals surface area contributed by atoms with Crippen molar-refractivity contribution in [1.82, 2.24) is 0 Å². The lowest BCUT2D eigenvalue weighted by Crippen LogP contribution is -2.12. The summed E-state index contributed by atoms with van der Waals surface area (Å²) < 4.78 is 6.35. The van der Waals surface area contributed by atoms with Gasteiger partial charge in [-0.25, -0.2) is 0 Å². The van der Waals surface area contributed by atoms with Crippen LogP contribution in [0.25, 0.3) is 0 Å². The summed E-state index contributed by atoms with van der Waals surface area (Å²) in [4.78, 5) is 10.3. The first kappa shape index (κ1) is 15.4. The molecule has 7 heteroatoms. The van der Waals surface area contributed by atoms with Crippen LogP contribution in [-0.4, -0.2) is 18.1 Å². The largest absolute Gasteiger partial charge is 0.492 e. The molecule has 0 aromatic heterocycles. The number of nitrogen functional groups attached to an aromatic ring is 1. The molecule has 6 nitrogen and oxygen atoms in total. The zero-order chi connectivity index (χ0) is 15.2. The average Bonchev–Trinajstić information content (AvgIpc) is 2.45. The summed E-state index contributed by atoms with van der Waals surface area (Å²) in [6.45, 7) is 1.05.